The number of aromatic nitrogens is 4. The van der Waals surface area contributed by atoms with Gasteiger partial charge >= 0.3 is 0 Å². The molecule has 0 bridgehead atoms. The second kappa shape index (κ2) is 4.94. The molecule has 2 N–H and O–H groups in total. The Morgan fingerprint density at radius 1 is 1.39 bits per heavy atom. The quantitative estimate of drug-likeness (QED) is 0.895. The van der Waals surface area contributed by atoms with E-state index in [1.165, 1.54) is 0 Å². The average molecular weight is 247 g/mol. The van der Waals surface area contributed by atoms with Crippen molar-refractivity contribution in [1.29, 1.82) is 0 Å². The van der Waals surface area contributed by atoms with Gasteiger partial charge in [-0.3, -0.25) is 9.36 Å². The molecule has 2 rings (SSSR count). The summed E-state index contributed by atoms with van der Waals surface area (Å²) >= 11 is 0. The Labute approximate surface area is 108 Å². The molecule has 0 aliphatic carbocycles. The van der Waals surface area contributed by atoms with Crippen molar-refractivity contribution in [2.24, 2.45) is 12.8 Å². The second-order valence-corrected chi connectivity index (χ2v) is 5.00. The molecule has 0 saturated carbocycles. The molecule has 2 aromatic heterocycles. The summed E-state index contributed by atoms with van der Waals surface area (Å²) in [6.45, 7) is 6.26. The van der Waals surface area contributed by atoms with E-state index in [2.05, 4.69) is 24.0 Å². The molecule has 0 aromatic carbocycles. The van der Waals surface area contributed by atoms with E-state index in [-0.39, 0.29) is 6.04 Å². The normalized spacial score (nSPS) is 13.2. The van der Waals surface area contributed by atoms with E-state index < -0.39 is 0 Å². The highest BCUT2D eigenvalue weighted by molar-refractivity contribution is 5.21. The van der Waals surface area contributed by atoms with Crippen molar-refractivity contribution < 1.29 is 0 Å². The number of hydrogen-bond acceptors (Lipinski definition) is 3. The SMILES string of the molecule is Cc1c(C(N)Cc2ccn(C(C)C)n2)cnn1C. The molecule has 1 atom stereocenters. The van der Waals surface area contributed by atoms with E-state index in [0.29, 0.717) is 6.04 Å². The van der Waals surface area contributed by atoms with Crippen LogP contribution in [0.5, 0.6) is 0 Å². The molecule has 5 nitrogen and oxygen atoms in total. The summed E-state index contributed by atoms with van der Waals surface area (Å²) in [4.78, 5) is 0. The Bertz CT molecular complexity index is 523. The molecule has 2 heterocycles. The summed E-state index contributed by atoms with van der Waals surface area (Å²) in [7, 11) is 1.93. The van der Waals surface area contributed by atoms with Gasteiger partial charge < -0.3 is 5.73 Å². The monoisotopic (exact) mass is 247 g/mol. The van der Waals surface area contributed by atoms with E-state index in [0.717, 1.165) is 23.4 Å². The third-order valence-corrected chi connectivity index (χ3v) is 3.29. The van der Waals surface area contributed by atoms with Crippen molar-refractivity contribution in [1.82, 2.24) is 19.6 Å². The van der Waals surface area contributed by atoms with Gasteiger partial charge in [-0.2, -0.15) is 10.2 Å². The maximum Gasteiger partial charge on any atom is 0.0643 e. The molecule has 0 amide bonds. The lowest BCUT2D eigenvalue weighted by molar-refractivity contribution is 0.522. The van der Waals surface area contributed by atoms with Gasteiger partial charge in [0, 0.05) is 43.0 Å². The van der Waals surface area contributed by atoms with Gasteiger partial charge in [0.1, 0.15) is 0 Å². The Morgan fingerprint density at radius 2 is 2.11 bits per heavy atom. The lowest BCUT2D eigenvalue weighted by atomic mass is 10.0. The number of hydrogen-bond donors (Lipinski definition) is 1. The van der Waals surface area contributed by atoms with E-state index in [1.807, 2.05) is 41.8 Å². The summed E-state index contributed by atoms with van der Waals surface area (Å²) in [5.74, 6) is 0. The summed E-state index contributed by atoms with van der Waals surface area (Å²) in [6, 6.07) is 2.37. The van der Waals surface area contributed by atoms with E-state index >= 15 is 0 Å². The highest BCUT2D eigenvalue weighted by Crippen LogP contribution is 2.18. The van der Waals surface area contributed by atoms with Gasteiger partial charge in [-0.25, -0.2) is 0 Å². The third-order valence-electron chi connectivity index (χ3n) is 3.29. The minimum absolute atomic E-state index is 0.0470. The standard InChI is InChI=1S/C13H21N5/c1-9(2)18-6-5-11(16-18)7-13(14)12-8-15-17(4)10(12)3/h5-6,8-9,13H,7,14H2,1-4H3. The Morgan fingerprint density at radius 3 is 2.61 bits per heavy atom. The zero-order valence-corrected chi connectivity index (χ0v) is 11.5. The maximum absolute atomic E-state index is 6.22. The van der Waals surface area contributed by atoms with Gasteiger partial charge in [0.2, 0.25) is 0 Å². The summed E-state index contributed by atoms with van der Waals surface area (Å²) in [5, 5.41) is 8.74. The van der Waals surface area contributed by atoms with Crippen LogP contribution in [-0.2, 0) is 13.5 Å². The van der Waals surface area contributed by atoms with E-state index in [1.54, 1.807) is 0 Å². The molecule has 0 radical (unpaired) electrons. The second-order valence-electron chi connectivity index (χ2n) is 5.00. The molecule has 98 valence electrons. The minimum Gasteiger partial charge on any atom is -0.324 e. The highest BCUT2D eigenvalue weighted by Gasteiger charge is 2.14. The van der Waals surface area contributed by atoms with Crippen molar-refractivity contribution in [3.05, 3.63) is 35.4 Å². The fourth-order valence-electron chi connectivity index (χ4n) is 1.99. The molecule has 5 heteroatoms. The fourth-order valence-corrected chi connectivity index (χ4v) is 1.99. The van der Waals surface area contributed by atoms with E-state index in [9.17, 15) is 0 Å². The number of aryl methyl sites for hydroxylation is 1. The van der Waals surface area contributed by atoms with Crippen LogP contribution in [0, 0.1) is 6.92 Å². The van der Waals surface area contributed by atoms with Crippen LogP contribution in [0.2, 0.25) is 0 Å². The van der Waals surface area contributed by atoms with Gasteiger partial charge in [-0.05, 0) is 26.8 Å². The van der Waals surface area contributed by atoms with Crippen molar-refractivity contribution in [2.75, 3.05) is 0 Å². The lowest BCUT2D eigenvalue weighted by Crippen LogP contribution is -2.15. The Hall–Kier alpha value is -1.62. The number of nitrogens with two attached hydrogens (primary N) is 1. The molecule has 0 aliphatic rings. The average Bonchev–Trinajstić information content (AvgIpc) is 2.88. The van der Waals surface area contributed by atoms with Gasteiger partial charge in [-0.15, -0.1) is 0 Å². The van der Waals surface area contributed by atoms with Crippen molar-refractivity contribution in [2.45, 2.75) is 39.3 Å². The lowest BCUT2D eigenvalue weighted by Gasteiger charge is -2.10. The minimum atomic E-state index is -0.0470. The first-order valence-electron chi connectivity index (χ1n) is 6.27. The summed E-state index contributed by atoms with van der Waals surface area (Å²) in [5.41, 5.74) is 9.46. The fraction of sp³-hybridized carbons (Fsp3) is 0.538. The molecule has 2 aromatic rings. The molecular weight excluding hydrogens is 226 g/mol. The smallest absolute Gasteiger partial charge is 0.0643 e. The number of nitrogens with zero attached hydrogens (tertiary/aromatic N) is 4. The zero-order chi connectivity index (χ0) is 13.3. The summed E-state index contributed by atoms with van der Waals surface area (Å²) < 4.78 is 3.81. The van der Waals surface area contributed by atoms with E-state index in [4.69, 9.17) is 5.73 Å². The molecule has 18 heavy (non-hydrogen) atoms. The Kier molecular flexibility index (Phi) is 3.52. The predicted molar refractivity (Wildman–Crippen MR) is 71.2 cm³/mol. The van der Waals surface area contributed by atoms with Gasteiger partial charge in [0.25, 0.3) is 0 Å². The topological polar surface area (TPSA) is 61.7 Å². The van der Waals surface area contributed by atoms with Crippen molar-refractivity contribution >= 4 is 0 Å². The zero-order valence-electron chi connectivity index (χ0n) is 11.5. The molecule has 0 saturated heterocycles. The van der Waals surface area contributed by atoms with Crippen LogP contribution >= 0.6 is 0 Å². The summed E-state index contributed by atoms with van der Waals surface area (Å²) in [6.07, 6.45) is 4.59. The largest absolute Gasteiger partial charge is 0.324 e. The molecule has 0 fully saturated rings. The number of rotatable bonds is 4. The van der Waals surface area contributed by atoms with Crippen LogP contribution in [-0.4, -0.2) is 19.6 Å². The van der Waals surface area contributed by atoms with Crippen LogP contribution in [0.25, 0.3) is 0 Å². The first kappa shape index (κ1) is 12.8. The molecule has 0 aliphatic heterocycles. The van der Waals surface area contributed by atoms with Gasteiger partial charge in [-0.1, -0.05) is 0 Å². The maximum atomic E-state index is 6.22. The molecular formula is C13H21N5. The van der Waals surface area contributed by atoms with Crippen LogP contribution in [0.3, 0.4) is 0 Å². The van der Waals surface area contributed by atoms with Gasteiger partial charge in [0.15, 0.2) is 0 Å². The van der Waals surface area contributed by atoms with Crippen LogP contribution in [0.4, 0.5) is 0 Å². The van der Waals surface area contributed by atoms with Crippen LogP contribution in [0.1, 0.15) is 42.9 Å². The first-order chi connectivity index (χ1) is 8.49. The van der Waals surface area contributed by atoms with Crippen molar-refractivity contribution in [3.8, 4) is 0 Å². The van der Waals surface area contributed by atoms with Gasteiger partial charge in [0.05, 0.1) is 11.9 Å². The van der Waals surface area contributed by atoms with Crippen LogP contribution in [0.15, 0.2) is 18.5 Å². The molecule has 0 spiro atoms. The highest BCUT2D eigenvalue weighted by atomic mass is 15.3. The third kappa shape index (κ3) is 2.46. The first-order valence-corrected chi connectivity index (χ1v) is 6.27. The predicted octanol–water partition coefficient (Wildman–Crippen LogP) is 1.75. The van der Waals surface area contributed by atoms with Crippen LogP contribution < -0.4 is 5.73 Å². The molecule has 1 unspecified atom stereocenters. The van der Waals surface area contributed by atoms with Crippen molar-refractivity contribution in [3.63, 3.8) is 0 Å². The Balaban J connectivity index is 2.11.